The second-order valence-corrected chi connectivity index (χ2v) is 12.5. The lowest BCUT2D eigenvalue weighted by molar-refractivity contribution is -0.124. The van der Waals surface area contributed by atoms with Crippen molar-refractivity contribution in [3.05, 3.63) is 12.7 Å². The van der Waals surface area contributed by atoms with Crippen molar-refractivity contribution in [1.29, 1.82) is 0 Å². The first-order chi connectivity index (χ1) is 21.4. The predicted molar refractivity (Wildman–Crippen MR) is 188 cm³/mol. The molecule has 2 amide bonds. The maximum Gasteiger partial charge on any atom is 0.231 e. The summed E-state index contributed by atoms with van der Waals surface area (Å²) in [6.45, 7) is 29.0. The number of allylic oxidation sites excluding steroid dienone is 1. The number of carbonyl (C=O) groups excluding carboxylic acids is 3. The number of piperazine rings is 2. The van der Waals surface area contributed by atoms with E-state index in [4.69, 9.17) is 0 Å². The molecule has 0 aromatic heterocycles. The smallest absolute Gasteiger partial charge is 0.231 e. The minimum absolute atomic E-state index is 0.0227. The Morgan fingerprint density at radius 3 is 1.44 bits per heavy atom. The van der Waals surface area contributed by atoms with Gasteiger partial charge in [0.25, 0.3) is 0 Å². The predicted octanol–water partition coefficient (Wildman–Crippen LogP) is 2.40. The average Bonchev–Trinajstić information content (AvgIpc) is 3.04. The van der Waals surface area contributed by atoms with Gasteiger partial charge in [-0.1, -0.05) is 33.8 Å². The van der Waals surface area contributed by atoms with Gasteiger partial charge < -0.3 is 29.8 Å². The summed E-state index contributed by atoms with van der Waals surface area (Å²) in [5.41, 5.74) is 2.77. The zero-order chi connectivity index (χ0) is 34.0. The maximum atomic E-state index is 10.7. The molecule has 4 aliphatic heterocycles. The summed E-state index contributed by atoms with van der Waals surface area (Å²) < 4.78 is 0. The van der Waals surface area contributed by atoms with E-state index in [1.54, 1.807) is 13.8 Å². The van der Waals surface area contributed by atoms with E-state index in [1.807, 2.05) is 11.9 Å². The number of likely N-dealkylation sites (N-methyl/N-ethyl adjacent to an activating group) is 3. The molecule has 4 fully saturated rings. The van der Waals surface area contributed by atoms with Gasteiger partial charge in [-0.05, 0) is 92.2 Å². The number of rotatable bonds is 6. The zero-order valence-electron chi connectivity index (χ0n) is 30.4. The molecular formula is C34H70N8O3. The minimum Gasteiger partial charge on any atom is -0.354 e. The summed E-state index contributed by atoms with van der Waals surface area (Å²) >= 11 is 0. The third kappa shape index (κ3) is 24.9. The van der Waals surface area contributed by atoms with Gasteiger partial charge in [-0.25, -0.2) is 5.01 Å². The van der Waals surface area contributed by atoms with Gasteiger partial charge in [0.2, 0.25) is 11.8 Å². The van der Waals surface area contributed by atoms with Crippen LogP contribution < -0.4 is 10.7 Å². The highest BCUT2D eigenvalue weighted by Gasteiger charge is 2.16. The van der Waals surface area contributed by atoms with E-state index in [0.717, 1.165) is 52.1 Å². The van der Waals surface area contributed by atoms with E-state index < -0.39 is 0 Å². The highest BCUT2D eigenvalue weighted by atomic mass is 16.2. The molecule has 4 heterocycles. The molecule has 0 spiro atoms. The van der Waals surface area contributed by atoms with Gasteiger partial charge >= 0.3 is 0 Å². The van der Waals surface area contributed by atoms with Crippen LogP contribution in [0.15, 0.2) is 12.7 Å². The van der Waals surface area contributed by atoms with Gasteiger partial charge in [0, 0.05) is 78.7 Å². The molecule has 0 aromatic carbocycles. The molecular weight excluding hydrogens is 568 g/mol. The van der Waals surface area contributed by atoms with Crippen LogP contribution in [0, 0.1) is 0 Å². The fraction of sp³-hybridized carbons (Fsp3) is 0.853. The third-order valence-electron chi connectivity index (χ3n) is 8.46. The molecule has 4 rings (SSSR count). The number of nitrogens with zero attached hydrogens (tertiary/aromatic N) is 6. The van der Waals surface area contributed by atoms with Crippen LogP contribution >= 0.6 is 0 Å². The molecule has 0 bridgehead atoms. The monoisotopic (exact) mass is 639 g/mol. The van der Waals surface area contributed by atoms with Crippen molar-refractivity contribution >= 4 is 17.6 Å². The topological polar surface area (TPSA) is 94.7 Å². The molecule has 0 saturated carbocycles. The Labute approximate surface area is 276 Å². The second-order valence-electron chi connectivity index (χ2n) is 12.5. The quantitative estimate of drug-likeness (QED) is 0.426. The van der Waals surface area contributed by atoms with Gasteiger partial charge in [-0.2, -0.15) is 0 Å². The number of likely N-dealkylation sites (tertiary alicyclic amines) is 2. The van der Waals surface area contributed by atoms with Crippen molar-refractivity contribution in [3.63, 3.8) is 0 Å². The van der Waals surface area contributed by atoms with Crippen LogP contribution in [0.25, 0.3) is 0 Å². The summed E-state index contributed by atoms with van der Waals surface area (Å²) in [5.74, 6) is 0.226. The van der Waals surface area contributed by atoms with Crippen LogP contribution in [0.2, 0.25) is 0 Å². The molecule has 2 N–H and O–H groups in total. The van der Waals surface area contributed by atoms with Crippen molar-refractivity contribution in [2.45, 2.75) is 79.2 Å². The molecule has 0 aromatic rings. The van der Waals surface area contributed by atoms with Gasteiger partial charge in [-0.15, -0.1) is 0 Å². The van der Waals surface area contributed by atoms with Crippen LogP contribution in [0.4, 0.5) is 0 Å². The molecule has 4 saturated heterocycles. The number of hydrazine groups is 1. The van der Waals surface area contributed by atoms with Gasteiger partial charge in [0.05, 0.1) is 0 Å². The first-order valence-corrected chi connectivity index (χ1v) is 17.4. The van der Waals surface area contributed by atoms with Gasteiger partial charge in [-0.3, -0.25) is 19.8 Å². The highest BCUT2D eigenvalue weighted by Crippen LogP contribution is 2.08. The van der Waals surface area contributed by atoms with Crippen LogP contribution in [-0.4, -0.2) is 166 Å². The van der Waals surface area contributed by atoms with Crippen molar-refractivity contribution in [2.75, 3.05) is 113 Å². The number of carbonyl (C=O) groups is 3. The van der Waals surface area contributed by atoms with Crippen LogP contribution in [-0.2, 0) is 14.4 Å². The second kappa shape index (κ2) is 27.2. The summed E-state index contributed by atoms with van der Waals surface area (Å²) in [6, 6.07) is 0.420. The molecule has 0 atom stereocenters. The Balaban J connectivity index is 0.000000546. The van der Waals surface area contributed by atoms with Gasteiger partial charge in [0.1, 0.15) is 0 Å². The van der Waals surface area contributed by atoms with Crippen LogP contribution in [0.3, 0.4) is 0 Å². The lowest BCUT2D eigenvalue weighted by Crippen LogP contribution is -2.52. The van der Waals surface area contributed by atoms with Crippen molar-refractivity contribution in [1.82, 2.24) is 40.3 Å². The van der Waals surface area contributed by atoms with Crippen LogP contribution in [0.5, 0.6) is 0 Å². The summed E-state index contributed by atoms with van der Waals surface area (Å²) in [5, 5.41) is 4.90. The van der Waals surface area contributed by atoms with Crippen molar-refractivity contribution in [2.24, 2.45) is 0 Å². The Hall–Kier alpha value is -1.89. The third-order valence-corrected chi connectivity index (χ3v) is 8.46. The normalized spacial score (nSPS) is 20.7. The SMILES string of the molecule is C=CC(=O)CC.CC(=O)NC1CCN(C)CC1.CC(=O)NN1CCN(C)CC1.CCN1CCCCC1.CCN1CCN(C)CC1. The first-order valence-electron chi connectivity index (χ1n) is 17.4. The molecule has 45 heavy (non-hydrogen) atoms. The molecule has 11 heteroatoms. The summed E-state index contributed by atoms with van der Waals surface area (Å²) in [4.78, 5) is 43.3. The molecule has 4 aliphatic rings. The van der Waals surface area contributed by atoms with Gasteiger partial charge in [0.15, 0.2) is 5.78 Å². The van der Waals surface area contributed by atoms with Crippen molar-refractivity contribution < 1.29 is 14.4 Å². The fourth-order valence-electron chi connectivity index (χ4n) is 5.17. The minimum atomic E-state index is 0.0227. The standard InChI is InChI=1S/C8H16N2O.C7H15N3O.C7H16N2.C7H15N.C5H8O/c1-7(11)9-8-3-5-10(2)6-4-8;1-7(11)8-10-5-3-9(2)4-6-10;1-3-9-6-4-8(2)5-7-9;1-2-8-6-4-3-5-7-8;1-3-5(6)4-2/h8H,3-6H2,1-2H3,(H,9,11);3-6H2,1-2H3,(H,8,11);3-7H2,1-2H3;2-7H2,1H3;3H,1,4H2,2H3. The number of ketones is 1. The van der Waals surface area contributed by atoms with E-state index in [2.05, 4.69) is 76.8 Å². The average molecular weight is 639 g/mol. The number of hydrogen-bond acceptors (Lipinski definition) is 9. The fourth-order valence-corrected chi connectivity index (χ4v) is 5.17. The first kappa shape index (κ1) is 43.1. The molecule has 0 aliphatic carbocycles. The number of amides is 2. The van der Waals surface area contributed by atoms with Crippen LogP contribution in [0.1, 0.15) is 73.1 Å². The zero-order valence-corrected chi connectivity index (χ0v) is 30.4. The maximum absolute atomic E-state index is 10.7. The lowest BCUT2D eigenvalue weighted by atomic mass is 10.1. The van der Waals surface area contributed by atoms with E-state index in [1.165, 1.54) is 77.7 Å². The number of nitrogens with one attached hydrogen (secondary N) is 2. The molecule has 0 radical (unpaired) electrons. The van der Waals surface area contributed by atoms with Crippen molar-refractivity contribution in [3.8, 4) is 0 Å². The Morgan fingerprint density at radius 1 is 0.644 bits per heavy atom. The number of hydrogen-bond donors (Lipinski definition) is 2. The van der Waals surface area contributed by atoms with E-state index >= 15 is 0 Å². The van der Waals surface area contributed by atoms with E-state index in [-0.39, 0.29) is 17.6 Å². The lowest BCUT2D eigenvalue weighted by Gasteiger charge is -2.31. The highest BCUT2D eigenvalue weighted by molar-refractivity contribution is 5.88. The Morgan fingerprint density at radius 2 is 1.09 bits per heavy atom. The molecule has 264 valence electrons. The number of piperidine rings is 2. The Bertz CT molecular complexity index is 735. The summed E-state index contributed by atoms with van der Waals surface area (Å²) in [6.07, 6.45) is 8.40. The van der Waals surface area contributed by atoms with E-state index in [0.29, 0.717) is 12.5 Å². The van der Waals surface area contributed by atoms with E-state index in [9.17, 15) is 14.4 Å². The molecule has 0 unspecified atom stereocenters. The Kier molecular flexibility index (Phi) is 26.1. The largest absolute Gasteiger partial charge is 0.354 e. The molecule has 11 nitrogen and oxygen atoms in total. The summed E-state index contributed by atoms with van der Waals surface area (Å²) in [7, 11) is 6.39.